The molecule has 0 saturated carbocycles. The fraction of sp³-hybridized carbons (Fsp3) is 0.714. The summed E-state index contributed by atoms with van der Waals surface area (Å²) in [5.41, 5.74) is 7.60. The van der Waals surface area contributed by atoms with Crippen molar-refractivity contribution in [2.24, 2.45) is 11.7 Å². The molecule has 0 aliphatic carbocycles. The molecule has 0 aromatic heterocycles. The Hall–Kier alpha value is 0.344. The van der Waals surface area contributed by atoms with E-state index in [1.807, 2.05) is 26.0 Å². The number of hydrogen-bond acceptors (Lipinski definition) is 7. The maximum absolute atomic E-state index is 12.5. The average molecular weight is 926 g/mol. The molecule has 0 fully saturated rings. The molecule has 49 heavy (non-hydrogen) atoms. The van der Waals surface area contributed by atoms with Crippen molar-refractivity contribution in [3.8, 4) is 0 Å². The first-order chi connectivity index (χ1) is 22.1. The number of nitrogens with two attached hydrogens (primary N) is 1. The third-order valence-electron chi connectivity index (χ3n) is 6.62. The van der Waals surface area contributed by atoms with Crippen LogP contribution in [0.2, 0.25) is 4.78 Å². The Morgan fingerprint density at radius 1 is 1.08 bits per heavy atom. The van der Waals surface area contributed by atoms with E-state index < -0.39 is 5.60 Å². The van der Waals surface area contributed by atoms with Crippen molar-refractivity contribution in [2.45, 2.75) is 123 Å². The fourth-order valence-corrected chi connectivity index (χ4v) is 5.22. The summed E-state index contributed by atoms with van der Waals surface area (Å²) < 4.78 is 7.64. The Kier molecular flexibility index (Phi) is 40.5. The molecule has 1 rings (SSSR count). The summed E-state index contributed by atoms with van der Waals surface area (Å²) in [7, 11) is 1.76. The topological polar surface area (TPSA) is 134 Å². The number of rotatable bonds is 20. The molecule has 0 aliphatic heterocycles. The maximum atomic E-state index is 12.5. The molecule has 1 aromatic rings. The van der Waals surface area contributed by atoms with Crippen LogP contribution in [0.3, 0.4) is 0 Å². The van der Waals surface area contributed by atoms with Gasteiger partial charge in [0.15, 0.2) is 0 Å². The molecule has 1 aromatic carbocycles. The molecule has 0 spiro atoms. The maximum Gasteiger partial charge on any atom is 0.298 e. The molecule has 4 amide bonds. The Bertz CT molecular complexity index is 1010. The van der Waals surface area contributed by atoms with Gasteiger partial charge >= 0.3 is 0 Å². The summed E-state index contributed by atoms with van der Waals surface area (Å²) in [5, 5.41) is 5.89. The van der Waals surface area contributed by atoms with Gasteiger partial charge in [-0.25, -0.2) is 6.29 Å². The normalized spacial score (nSPS) is 10.2. The van der Waals surface area contributed by atoms with E-state index in [0.717, 1.165) is 34.9 Å². The number of amides is 4. The van der Waals surface area contributed by atoms with Gasteiger partial charge in [0, 0.05) is 93.1 Å². The van der Waals surface area contributed by atoms with Crippen molar-refractivity contribution < 1.29 is 97.0 Å². The summed E-state index contributed by atoms with van der Waals surface area (Å²) in [6.45, 7) is 17.9. The number of unbranched alkanes of at least 4 members (excludes halogenated alkanes) is 2. The summed E-state index contributed by atoms with van der Waals surface area (Å²) >= 11 is 5.56. The molecule has 10 nitrogen and oxygen atoms in total. The molecule has 277 valence electrons. The van der Waals surface area contributed by atoms with Gasteiger partial charge in [0.05, 0.1) is 12.1 Å². The van der Waals surface area contributed by atoms with E-state index in [1.165, 1.54) is 22.7 Å². The first-order valence-corrected chi connectivity index (χ1v) is 18.7. The van der Waals surface area contributed by atoms with Crippen molar-refractivity contribution in [2.75, 3.05) is 33.4 Å². The van der Waals surface area contributed by atoms with Crippen LogP contribution in [-0.2, 0) is 76.5 Å². The zero-order valence-corrected chi connectivity index (χ0v) is 39.3. The van der Waals surface area contributed by atoms with E-state index in [1.54, 1.807) is 18.2 Å². The van der Waals surface area contributed by atoms with E-state index in [9.17, 15) is 19.2 Å². The SMILES string of the molecule is CC(C)CCCCCC(=O)NCC(=O)NC[C-]=O.CCC.C[CH](C)[Al][CH2]c1cc[c-]cc1CN(C)C(=O)N([S-])COC(C)(C)CCN.[Pm].[Y]. The predicted octanol–water partition coefficient (Wildman–Crippen LogP) is 5.29. The van der Waals surface area contributed by atoms with Gasteiger partial charge in [-0.05, 0) is 39.2 Å². The smallest absolute Gasteiger partial charge is 0.298 e. The van der Waals surface area contributed by atoms with Crippen molar-refractivity contribution in [3.05, 3.63) is 35.4 Å². The van der Waals surface area contributed by atoms with Crippen LogP contribution < -0.4 is 16.4 Å². The zero-order valence-electron chi connectivity index (χ0n) is 31.6. The van der Waals surface area contributed by atoms with Crippen LogP contribution in [0.4, 0.5) is 4.79 Å². The minimum absolute atomic E-state index is 0. The van der Waals surface area contributed by atoms with Crippen LogP contribution in [0.25, 0.3) is 0 Å². The molecule has 0 saturated heterocycles. The summed E-state index contributed by atoms with van der Waals surface area (Å²) in [6, 6.07) is 8.88. The minimum atomic E-state index is -0.397. The number of ether oxygens (including phenoxy) is 1. The number of nitrogens with one attached hydrogen (secondary N) is 2. The Balaban J connectivity index is -0.000000388. The van der Waals surface area contributed by atoms with Crippen LogP contribution in [-0.4, -0.2) is 87.6 Å². The summed E-state index contributed by atoms with van der Waals surface area (Å²) in [6.07, 6.45) is 8.17. The number of nitrogens with zero attached hydrogens (tertiary/aromatic N) is 2. The Labute approximate surface area is 367 Å². The van der Waals surface area contributed by atoms with Crippen molar-refractivity contribution in [1.82, 2.24) is 19.8 Å². The molecule has 4 N–H and O–H groups in total. The Morgan fingerprint density at radius 3 is 2.27 bits per heavy atom. The third-order valence-corrected chi connectivity index (χ3v) is 8.50. The minimum Gasteiger partial charge on any atom is -0.660 e. The van der Waals surface area contributed by atoms with Crippen LogP contribution in [0.15, 0.2) is 18.2 Å². The van der Waals surface area contributed by atoms with Gasteiger partial charge in [0.1, 0.15) is 6.73 Å². The third kappa shape index (κ3) is 33.9. The van der Waals surface area contributed by atoms with Gasteiger partial charge in [-0.15, -0.1) is 10.8 Å². The van der Waals surface area contributed by atoms with Gasteiger partial charge in [-0.1, -0.05) is 78.6 Å². The van der Waals surface area contributed by atoms with Gasteiger partial charge in [0.25, 0.3) is 6.03 Å². The van der Waals surface area contributed by atoms with Gasteiger partial charge in [0.2, 0.25) is 27.0 Å². The molecule has 0 unspecified atom stereocenters. The molecule has 0 aliphatic rings. The van der Waals surface area contributed by atoms with Crippen LogP contribution in [0, 0.1) is 52.4 Å². The fourth-order valence-electron chi connectivity index (χ4n) is 3.91. The van der Waals surface area contributed by atoms with E-state index in [-0.39, 0.29) is 111 Å². The molecule has 0 heterocycles. The average Bonchev–Trinajstić information content (AvgIpc) is 3.01. The molecular formula is C35H62AlN5O5PmSY-3. The van der Waals surface area contributed by atoms with Crippen molar-refractivity contribution >= 4 is 52.2 Å². The number of hydrogen-bond donors (Lipinski definition) is 3. The summed E-state index contributed by atoms with van der Waals surface area (Å²) in [5.74, 6) is 0.216. The molecule has 3 radical (unpaired) electrons. The second-order valence-electron chi connectivity index (χ2n) is 12.9. The van der Waals surface area contributed by atoms with E-state index in [4.69, 9.17) is 23.3 Å². The number of benzene rings is 1. The number of carbonyl (C=O) groups is 3. The van der Waals surface area contributed by atoms with Crippen LogP contribution >= 0.6 is 0 Å². The van der Waals surface area contributed by atoms with Crippen molar-refractivity contribution in [3.63, 3.8) is 0 Å². The number of carbonyl (C=O) groups excluding carboxylic acids is 4. The first kappa shape index (κ1) is 56.1. The molecule has 0 atom stereocenters. The monoisotopic (exact) mass is 925 g/mol. The second-order valence-corrected chi connectivity index (χ2v) is 15.5. The van der Waals surface area contributed by atoms with Crippen molar-refractivity contribution in [1.29, 1.82) is 0 Å². The molecule has 14 heteroatoms. The quantitative estimate of drug-likeness (QED) is 0.0533. The zero-order chi connectivity index (χ0) is 36.3. The molecular weight excluding hydrogens is 863 g/mol. The first-order valence-electron chi connectivity index (χ1n) is 16.9. The molecule has 0 bridgehead atoms. The Morgan fingerprint density at radius 2 is 1.71 bits per heavy atom. The predicted molar refractivity (Wildman–Crippen MR) is 195 cm³/mol. The van der Waals surface area contributed by atoms with Gasteiger partial charge < -0.3 is 47.9 Å². The van der Waals surface area contributed by atoms with Gasteiger partial charge in [-0.3, -0.25) is 14.4 Å². The largest absolute Gasteiger partial charge is 0.660 e. The van der Waals surface area contributed by atoms with E-state index in [2.05, 4.69) is 64.3 Å². The summed E-state index contributed by atoms with van der Waals surface area (Å²) in [4.78, 5) is 46.4. The standard InChI is InChI=1S/C16H24N3O2S.C13H23N2O3.C3H8.C3H7.Al.Pm.Y/c1-13-7-5-6-8-14(13)11-18(4)15(20)19(22)12-21-16(2,3)9-10-17;1-11(2)6-4-3-5-7-12(17)15-10-13(18)14-8-9-16;2*1-3-2;;;/h5,7-8H,1,9-12,17H2,2-4H3;11H,3-8,10H2,1-2H3,(H,14,18)(H,15,17);3H2,1-2H3;3H,1-2H3;;;/q-2;-1;;;;;. The van der Waals surface area contributed by atoms with E-state index in [0.29, 0.717) is 47.1 Å². The van der Waals surface area contributed by atoms with Crippen LogP contribution in [0.1, 0.15) is 111 Å². The van der Waals surface area contributed by atoms with Crippen LogP contribution in [0.5, 0.6) is 0 Å². The van der Waals surface area contributed by atoms with Gasteiger partial charge in [-0.2, -0.15) is 29.8 Å². The van der Waals surface area contributed by atoms with E-state index >= 15 is 0 Å². The number of urea groups is 1. The second kappa shape index (κ2) is 35.4.